The second-order valence-electron chi connectivity index (χ2n) is 1.61. The quantitative estimate of drug-likeness (QED) is 0.569. The minimum Gasteiger partial charge on any atom is -0.383 e. The molecule has 8 heavy (non-hydrogen) atoms. The van der Waals surface area contributed by atoms with Gasteiger partial charge in [-0.05, 0) is 7.05 Å². The van der Waals surface area contributed by atoms with E-state index in [1.54, 1.807) is 7.11 Å². The van der Waals surface area contributed by atoms with Crippen molar-refractivity contribution in [3.63, 3.8) is 0 Å². The van der Waals surface area contributed by atoms with Crippen LogP contribution in [0.15, 0.2) is 0 Å². The summed E-state index contributed by atoms with van der Waals surface area (Å²) < 4.78 is 4.78. The fourth-order valence-electron chi connectivity index (χ4n) is 0.461. The molecule has 0 aromatic carbocycles. The van der Waals surface area contributed by atoms with E-state index in [9.17, 15) is 0 Å². The maximum Gasteiger partial charge on any atom is 0.0693 e. The lowest BCUT2D eigenvalue weighted by Gasteiger charge is -2.04. The zero-order chi connectivity index (χ0) is 6.41. The summed E-state index contributed by atoms with van der Waals surface area (Å²) >= 11 is 5.69. The first kappa shape index (κ1) is 8.21. The summed E-state index contributed by atoms with van der Waals surface area (Å²) in [5.74, 6) is 0. The van der Waals surface area contributed by atoms with E-state index in [1.807, 2.05) is 7.05 Å². The standard InChI is InChI=1S/C5H12ClNO/c1-7-3-5(6)4-8-2/h5,7H,3-4H2,1-2H3. The highest BCUT2D eigenvalue weighted by Crippen LogP contribution is 1.91. The van der Waals surface area contributed by atoms with Crippen LogP contribution in [0.4, 0.5) is 0 Å². The third-order valence-electron chi connectivity index (χ3n) is 0.773. The van der Waals surface area contributed by atoms with Crippen LogP contribution in [0.5, 0.6) is 0 Å². The van der Waals surface area contributed by atoms with Crippen molar-refractivity contribution in [1.29, 1.82) is 0 Å². The normalized spacial score (nSPS) is 13.9. The van der Waals surface area contributed by atoms with Gasteiger partial charge in [-0.15, -0.1) is 11.6 Å². The topological polar surface area (TPSA) is 21.3 Å². The van der Waals surface area contributed by atoms with E-state index in [2.05, 4.69) is 5.32 Å². The minimum atomic E-state index is 0.102. The highest BCUT2D eigenvalue weighted by Gasteiger charge is 1.98. The number of ether oxygens (including phenoxy) is 1. The molecule has 0 fully saturated rings. The van der Waals surface area contributed by atoms with Crippen molar-refractivity contribution in [2.45, 2.75) is 5.38 Å². The summed E-state index contributed by atoms with van der Waals surface area (Å²) in [6.45, 7) is 1.41. The maximum absolute atomic E-state index is 5.69. The molecule has 0 amide bonds. The zero-order valence-electron chi connectivity index (χ0n) is 5.28. The Hall–Kier alpha value is 0.210. The Labute approximate surface area is 55.2 Å². The summed E-state index contributed by atoms with van der Waals surface area (Å²) in [6.07, 6.45) is 0. The molecule has 2 nitrogen and oxygen atoms in total. The van der Waals surface area contributed by atoms with Gasteiger partial charge in [0, 0.05) is 13.7 Å². The van der Waals surface area contributed by atoms with Gasteiger partial charge in [0.25, 0.3) is 0 Å². The van der Waals surface area contributed by atoms with Crippen LogP contribution in [-0.2, 0) is 4.74 Å². The number of hydrogen-bond donors (Lipinski definition) is 1. The van der Waals surface area contributed by atoms with Gasteiger partial charge in [-0.25, -0.2) is 0 Å². The van der Waals surface area contributed by atoms with Crippen LogP contribution in [0.1, 0.15) is 0 Å². The van der Waals surface area contributed by atoms with E-state index in [0.29, 0.717) is 6.61 Å². The van der Waals surface area contributed by atoms with E-state index >= 15 is 0 Å². The molecular weight excluding hydrogens is 126 g/mol. The van der Waals surface area contributed by atoms with Gasteiger partial charge in [0.1, 0.15) is 0 Å². The van der Waals surface area contributed by atoms with Crippen molar-refractivity contribution < 1.29 is 4.74 Å². The van der Waals surface area contributed by atoms with Crippen molar-refractivity contribution >= 4 is 11.6 Å². The van der Waals surface area contributed by atoms with E-state index in [-0.39, 0.29) is 5.38 Å². The number of hydrogen-bond acceptors (Lipinski definition) is 2. The van der Waals surface area contributed by atoms with Crippen molar-refractivity contribution in [3.05, 3.63) is 0 Å². The van der Waals surface area contributed by atoms with Crippen LogP contribution < -0.4 is 5.32 Å². The summed E-state index contributed by atoms with van der Waals surface area (Å²) in [5, 5.41) is 3.04. The molecule has 0 saturated carbocycles. The summed E-state index contributed by atoms with van der Waals surface area (Å²) in [6, 6.07) is 0. The van der Waals surface area contributed by atoms with Crippen LogP contribution in [0.3, 0.4) is 0 Å². The fourth-order valence-corrected chi connectivity index (χ4v) is 0.742. The van der Waals surface area contributed by atoms with Crippen molar-refractivity contribution in [3.8, 4) is 0 Å². The average Bonchev–Trinajstić information content (AvgIpc) is 1.68. The molecule has 0 radical (unpaired) electrons. The van der Waals surface area contributed by atoms with Gasteiger partial charge in [0.2, 0.25) is 0 Å². The molecule has 50 valence electrons. The Balaban J connectivity index is 2.92. The molecule has 0 rings (SSSR count). The van der Waals surface area contributed by atoms with Crippen LogP contribution in [0, 0.1) is 0 Å². The lowest BCUT2D eigenvalue weighted by molar-refractivity contribution is 0.197. The Bertz CT molecular complexity index is 45.7. The Morgan fingerprint density at radius 3 is 2.75 bits per heavy atom. The predicted octanol–water partition coefficient (Wildman–Crippen LogP) is 0.460. The zero-order valence-corrected chi connectivity index (χ0v) is 6.03. The third kappa shape index (κ3) is 4.37. The molecule has 0 heterocycles. The van der Waals surface area contributed by atoms with Gasteiger partial charge in [0.05, 0.1) is 12.0 Å². The Morgan fingerprint density at radius 2 is 2.38 bits per heavy atom. The fraction of sp³-hybridized carbons (Fsp3) is 1.00. The molecule has 0 saturated heterocycles. The minimum absolute atomic E-state index is 0.102. The van der Waals surface area contributed by atoms with Crippen LogP contribution >= 0.6 is 11.6 Å². The molecule has 0 aliphatic rings. The first-order valence-corrected chi connectivity index (χ1v) is 3.02. The first-order valence-electron chi connectivity index (χ1n) is 2.59. The number of methoxy groups -OCH3 is 1. The highest BCUT2D eigenvalue weighted by atomic mass is 35.5. The first-order chi connectivity index (χ1) is 3.81. The molecule has 1 atom stereocenters. The van der Waals surface area contributed by atoms with Gasteiger partial charge in [-0.3, -0.25) is 0 Å². The predicted molar refractivity (Wildman–Crippen MR) is 35.4 cm³/mol. The van der Waals surface area contributed by atoms with E-state index in [1.165, 1.54) is 0 Å². The van der Waals surface area contributed by atoms with E-state index < -0.39 is 0 Å². The maximum atomic E-state index is 5.69. The van der Waals surface area contributed by atoms with Crippen LogP contribution in [0.2, 0.25) is 0 Å². The van der Waals surface area contributed by atoms with E-state index in [0.717, 1.165) is 6.54 Å². The number of nitrogens with one attached hydrogen (secondary N) is 1. The van der Waals surface area contributed by atoms with Crippen molar-refractivity contribution in [2.24, 2.45) is 0 Å². The molecule has 0 aliphatic heterocycles. The number of alkyl halides is 1. The SMILES string of the molecule is CNCC(Cl)COC. The van der Waals surface area contributed by atoms with Crippen molar-refractivity contribution in [1.82, 2.24) is 5.32 Å². The van der Waals surface area contributed by atoms with Crippen LogP contribution in [0.25, 0.3) is 0 Å². The largest absolute Gasteiger partial charge is 0.383 e. The monoisotopic (exact) mass is 137 g/mol. The Morgan fingerprint density at radius 1 is 1.75 bits per heavy atom. The molecule has 0 aliphatic carbocycles. The number of rotatable bonds is 4. The lowest BCUT2D eigenvalue weighted by atomic mass is 10.4. The summed E-state index contributed by atoms with van der Waals surface area (Å²) in [7, 11) is 3.51. The summed E-state index contributed by atoms with van der Waals surface area (Å²) in [5.41, 5.74) is 0. The third-order valence-corrected chi connectivity index (χ3v) is 1.05. The Kier molecular flexibility index (Phi) is 5.49. The molecule has 0 aromatic rings. The number of halogens is 1. The second-order valence-corrected chi connectivity index (χ2v) is 2.23. The second kappa shape index (κ2) is 5.35. The lowest BCUT2D eigenvalue weighted by Crippen LogP contribution is -2.22. The van der Waals surface area contributed by atoms with Gasteiger partial charge >= 0.3 is 0 Å². The molecule has 0 spiro atoms. The van der Waals surface area contributed by atoms with Gasteiger partial charge in [0.15, 0.2) is 0 Å². The van der Waals surface area contributed by atoms with Gasteiger partial charge in [-0.1, -0.05) is 0 Å². The average molecular weight is 138 g/mol. The van der Waals surface area contributed by atoms with Crippen molar-refractivity contribution in [2.75, 3.05) is 27.3 Å². The molecule has 1 N–H and O–H groups in total. The van der Waals surface area contributed by atoms with Gasteiger partial charge in [-0.2, -0.15) is 0 Å². The molecular formula is C5H12ClNO. The molecule has 0 bridgehead atoms. The molecule has 1 unspecified atom stereocenters. The smallest absolute Gasteiger partial charge is 0.0693 e. The van der Waals surface area contributed by atoms with Crippen LogP contribution in [-0.4, -0.2) is 32.7 Å². The summed E-state index contributed by atoms with van der Waals surface area (Å²) in [4.78, 5) is 0. The van der Waals surface area contributed by atoms with Gasteiger partial charge < -0.3 is 10.1 Å². The van der Waals surface area contributed by atoms with E-state index in [4.69, 9.17) is 16.3 Å². The highest BCUT2D eigenvalue weighted by molar-refractivity contribution is 6.20. The molecule has 0 aromatic heterocycles. The molecule has 3 heteroatoms.